The number of benzene rings is 1. The summed E-state index contributed by atoms with van der Waals surface area (Å²) in [6.45, 7) is 4.51. The summed E-state index contributed by atoms with van der Waals surface area (Å²) in [5.74, 6) is -0.0898. The van der Waals surface area contributed by atoms with Gasteiger partial charge in [-0.1, -0.05) is 0 Å². The number of nitro benzene ring substituents is 1. The maximum atomic E-state index is 11.4. The molecule has 0 spiro atoms. The van der Waals surface area contributed by atoms with Gasteiger partial charge in [0.2, 0.25) is 0 Å². The molecule has 0 saturated heterocycles. The van der Waals surface area contributed by atoms with E-state index in [1.807, 2.05) is 0 Å². The number of hydrogen-bond donors (Lipinski definition) is 1. The number of carbonyl (C=O) groups is 1. The zero-order chi connectivity index (χ0) is 13.9. The van der Waals surface area contributed by atoms with Crippen molar-refractivity contribution >= 4 is 11.5 Å². The summed E-state index contributed by atoms with van der Waals surface area (Å²) in [7, 11) is 0. The second-order valence-electron chi connectivity index (χ2n) is 4.06. The zero-order valence-corrected chi connectivity index (χ0v) is 10.4. The third kappa shape index (κ3) is 3.27. The van der Waals surface area contributed by atoms with Gasteiger partial charge in [-0.25, -0.2) is 0 Å². The lowest BCUT2D eigenvalue weighted by Crippen LogP contribution is -2.26. The molecule has 1 aromatic carbocycles. The van der Waals surface area contributed by atoms with Crippen LogP contribution in [0.5, 0.6) is 5.75 Å². The highest BCUT2D eigenvalue weighted by atomic mass is 16.6. The van der Waals surface area contributed by atoms with E-state index in [1.54, 1.807) is 13.8 Å². The van der Waals surface area contributed by atoms with E-state index in [4.69, 9.17) is 4.74 Å². The number of ketones is 1. The number of aliphatic hydroxyl groups excluding tert-OH is 1. The predicted octanol–water partition coefficient (Wildman–Crippen LogP) is 1.95. The first-order valence-corrected chi connectivity index (χ1v) is 5.47. The van der Waals surface area contributed by atoms with E-state index in [0.29, 0.717) is 0 Å². The first kappa shape index (κ1) is 14.1. The van der Waals surface area contributed by atoms with Gasteiger partial charge in [0.05, 0.1) is 16.6 Å². The van der Waals surface area contributed by atoms with Crippen molar-refractivity contribution in [2.75, 3.05) is 0 Å². The molecule has 2 atom stereocenters. The molecule has 0 amide bonds. The minimum atomic E-state index is -0.708. The van der Waals surface area contributed by atoms with E-state index >= 15 is 0 Å². The van der Waals surface area contributed by atoms with Crippen molar-refractivity contribution in [1.82, 2.24) is 0 Å². The topological polar surface area (TPSA) is 89.7 Å². The molecule has 0 saturated carbocycles. The standard InChI is InChI=1S/C12H15NO5/c1-7(14)9(3)18-12-5-4-10(13(16)17)6-11(12)8(2)15/h4-7,9,14H,1-3H3. The average molecular weight is 253 g/mol. The molecule has 0 aromatic heterocycles. The lowest BCUT2D eigenvalue weighted by molar-refractivity contribution is -0.384. The highest BCUT2D eigenvalue weighted by Gasteiger charge is 2.18. The number of ether oxygens (including phenoxy) is 1. The number of Topliss-reactive ketones (excluding diaryl/α,β-unsaturated/α-hetero) is 1. The maximum absolute atomic E-state index is 11.4. The van der Waals surface area contributed by atoms with Crippen LogP contribution in [-0.4, -0.2) is 28.0 Å². The fourth-order valence-corrected chi connectivity index (χ4v) is 1.31. The number of carbonyl (C=O) groups excluding carboxylic acids is 1. The Labute approximate surface area is 104 Å². The van der Waals surface area contributed by atoms with Crippen LogP contribution in [0.3, 0.4) is 0 Å². The molecular formula is C12H15NO5. The molecule has 6 nitrogen and oxygen atoms in total. The van der Waals surface area contributed by atoms with Gasteiger partial charge in [0.1, 0.15) is 11.9 Å². The number of non-ortho nitro benzene ring substituents is 1. The Hall–Kier alpha value is -1.95. The van der Waals surface area contributed by atoms with Crippen molar-refractivity contribution in [2.24, 2.45) is 0 Å². The summed E-state index contributed by atoms with van der Waals surface area (Å²) in [6.07, 6.45) is -1.22. The lowest BCUT2D eigenvalue weighted by atomic mass is 10.1. The molecule has 1 aromatic rings. The summed E-state index contributed by atoms with van der Waals surface area (Å²) in [6, 6.07) is 3.80. The quantitative estimate of drug-likeness (QED) is 0.492. The van der Waals surface area contributed by atoms with Crippen LogP contribution in [0.2, 0.25) is 0 Å². The molecule has 18 heavy (non-hydrogen) atoms. The normalized spacial score (nSPS) is 13.8. The number of nitro groups is 1. The minimum Gasteiger partial charge on any atom is -0.487 e. The first-order chi connectivity index (χ1) is 8.32. The van der Waals surface area contributed by atoms with Crippen molar-refractivity contribution in [3.05, 3.63) is 33.9 Å². The summed E-state index contributed by atoms with van der Waals surface area (Å²) < 4.78 is 5.41. The van der Waals surface area contributed by atoms with E-state index in [9.17, 15) is 20.0 Å². The fourth-order valence-electron chi connectivity index (χ4n) is 1.31. The summed E-state index contributed by atoms with van der Waals surface area (Å²) in [5, 5.41) is 20.0. The van der Waals surface area contributed by atoms with Crippen molar-refractivity contribution in [3.63, 3.8) is 0 Å². The Bertz CT molecular complexity index is 470. The van der Waals surface area contributed by atoms with E-state index in [2.05, 4.69) is 0 Å². The van der Waals surface area contributed by atoms with Gasteiger partial charge in [-0.3, -0.25) is 14.9 Å². The predicted molar refractivity (Wildman–Crippen MR) is 64.9 cm³/mol. The molecule has 6 heteroatoms. The summed E-state index contributed by atoms with van der Waals surface area (Å²) >= 11 is 0. The van der Waals surface area contributed by atoms with E-state index in [1.165, 1.54) is 25.1 Å². The first-order valence-electron chi connectivity index (χ1n) is 5.47. The van der Waals surface area contributed by atoms with Crippen LogP contribution in [-0.2, 0) is 0 Å². The molecule has 2 unspecified atom stereocenters. The third-order valence-electron chi connectivity index (χ3n) is 2.55. The number of aliphatic hydroxyl groups is 1. The SMILES string of the molecule is CC(=O)c1cc([N+](=O)[O-])ccc1OC(C)C(C)O. The van der Waals surface area contributed by atoms with Gasteiger partial charge in [-0.2, -0.15) is 0 Å². The van der Waals surface area contributed by atoms with Crippen LogP contribution in [0.15, 0.2) is 18.2 Å². The second-order valence-corrected chi connectivity index (χ2v) is 4.06. The highest BCUT2D eigenvalue weighted by molar-refractivity contribution is 5.97. The van der Waals surface area contributed by atoms with Gasteiger partial charge in [-0.15, -0.1) is 0 Å². The van der Waals surface area contributed by atoms with Gasteiger partial charge in [0.25, 0.3) is 5.69 Å². The van der Waals surface area contributed by atoms with Crippen molar-refractivity contribution in [3.8, 4) is 5.75 Å². The Balaban J connectivity index is 3.12. The minimum absolute atomic E-state index is 0.136. The fraction of sp³-hybridized carbons (Fsp3) is 0.417. The van der Waals surface area contributed by atoms with Crippen LogP contribution in [0, 0.1) is 10.1 Å². The van der Waals surface area contributed by atoms with Gasteiger partial charge in [0.15, 0.2) is 5.78 Å². The number of hydrogen-bond acceptors (Lipinski definition) is 5. The molecule has 0 aliphatic carbocycles. The number of rotatable bonds is 5. The van der Waals surface area contributed by atoms with Gasteiger partial charge < -0.3 is 9.84 Å². The molecule has 0 aliphatic heterocycles. The lowest BCUT2D eigenvalue weighted by Gasteiger charge is -2.18. The Morgan fingerprint density at radius 1 is 1.44 bits per heavy atom. The average Bonchev–Trinajstić information content (AvgIpc) is 2.28. The van der Waals surface area contributed by atoms with Crippen LogP contribution in [0.25, 0.3) is 0 Å². The van der Waals surface area contributed by atoms with Crippen LogP contribution in [0.4, 0.5) is 5.69 Å². The van der Waals surface area contributed by atoms with Crippen LogP contribution in [0.1, 0.15) is 31.1 Å². The van der Waals surface area contributed by atoms with E-state index in [-0.39, 0.29) is 22.8 Å². The molecule has 0 radical (unpaired) electrons. The molecular weight excluding hydrogens is 238 g/mol. The summed E-state index contributed by atoms with van der Waals surface area (Å²) in [5.41, 5.74) is -0.0334. The smallest absolute Gasteiger partial charge is 0.270 e. The van der Waals surface area contributed by atoms with Crippen LogP contribution >= 0.6 is 0 Å². The van der Waals surface area contributed by atoms with Crippen molar-refractivity contribution in [1.29, 1.82) is 0 Å². The Morgan fingerprint density at radius 3 is 2.50 bits per heavy atom. The number of nitrogens with zero attached hydrogens (tertiary/aromatic N) is 1. The maximum Gasteiger partial charge on any atom is 0.270 e. The van der Waals surface area contributed by atoms with Gasteiger partial charge in [-0.05, 0) is 26.8 Å². The molecule has 1 rings (SSSR count). The molecule has 98 valence electrons. The van der Waals surface area contributed by atoms with E-state index < -0.39 is 17.1 Å². The summed E-state index contributed by atoms with van der Waals surface area (Å²) in [4.78, 5) is 21.5. The molecule has 0 fully saturated rings. The molecule has 0 bridgehead atoms. The zero-order valence-electron chi connectivity index (χ0n) is 10.4. The van der Waals surface area contributed by atoms with Crippen LogP contribution < -0.4 is 4.74 Å². The molecule has 0 aliphatic rings. The van der Waals surface area contributed by atoms with Gasteiger partial charge >= 0.3 is 0 Å². The van der Waals surface area contributed by atoms with Gasteiger partial charge in [0, 0.05) is 12.1 Å². The highest BCUT2D eigenvalue weighted by Crippen LogP contribution is 2.26. The van der Waals surface area contributed by atoms with Crippen molar-refractivity contribution in [2.45, 2.75) is 33.0 Å². The Morgan fingerprint density at radius 2 is 2.06 bits per heavy atom. The van der Waals surface area contributed by atoms with Crippen molar-refractivity contribution < 1.29 is 19.6 Å². The van der Waals surface area contributed by atoms with E-state index in [0.717, 1.165) is 0 Å². The third-order valence-corrected chi connectivity index (χ3v) is 2.55. The second kappa shape index (κ2) is 5.59. The molecule has 0 heterocycles. The Kier molecular flexibility index (Phi) is 4.38. The molecule has 1 N–H and O–H groups in total. The largest absolute Gasteiger partial charge is 0.487 e. The monoisotopic (exact) mass is 253 g/mol.